The summed E-state index contributed by atoms with van der Waals surface area (Å²) in [5.74, 6) is 1.63. The molecule has 0 saturated carbocycles. The molecule has 1 aromatic carbocycles. The quantitative estimate of drug-likeness (QED) is 0.680. The summed E-state index contributed by atoms with van der Waals surface area (Å²) >= 11 is 0. The van der Waals surface area contributed by atoms with Gasteiger partial charge >= 0.3 is 0 Å². The van der Waals surface area contributed by atoms with Gasteiger partial charge in [0, 0.05) is 57.9 Å². The van der Waals surface area contributed by atoms with Crippen LogP contribution in [-0.4, -0.2) is 73.8 Å². The lowest BCUT2D eigenvalue weighted by molar-refractivity contribution is 0.0161. The van der Waals surface area contributed by atoms with Crippen LogP contribution in [0, 0.1) is 6.92 Å². The van der Waals surface area contributed by atoms with Gasteiger partial charge < -0.3 is 19.7 Å². The lowest BCUT2D eigenvalue weighted by Gasteiger charge is -2.35. The van der Waals surface area contributed by atoms with Gasteiger partial charge in [0.15, 0.2) is 0 Å². The number of rotatable bonds is 8. The average molecular weight is 442 g/mol. The van der Waals surface area contributed by atoms with Crippen LogP contribution in [0.3, 0.4) is 0 Å². The number of benzene rings is 1. The molecule has 2 fully saturated rings. The largest absolute Gasteiger partial charge is 0.379 e. The minimum absolute atomic E-state index is 0.338. The van der Waals surface area contributed by atoms with Crippen molar-refractivity contribution in [3.05, 3.63) is 46.6 Å². The number of hydrogen-bond donors (Lipinski definition) is 1. The first-order valence-electron chi connectivity index (χ1n) is 12.0. The van der Waals surface area contributed by atoms with Gasteiger partial charge in [0.2, 0.25) is 0 Å². The van der Waals surface area contributed by atoms with Crippen molar-refractivity contribution in [2.45, 2.75) is 39.3 Å². The molecule has 0 bridgehead atoms. The number of morpholine rings is 2. The summed E-state index contributed by atoms with van der Waals surface area (Å²) in [5.41, 5.74) is 5.21. The highest BCUT2D eigenvalue weighted by atomic mass is 16.5. The molecule has 0 aliphatic carbocycles. The Labute approximate surface area is 192 Å². The van der Waals surface area contributed by atoms with Crippen molar-refractivity contribution in [3.63, 3.8) is 0 Å². The first-order valence-corrected chi connectivity index (χ1v) is 12.0. The van der Waals surface area contributed by atoms with Gasteiger partial charge in [-0.1, -0.05) is 43.7 Å². The fraction of sp³-hybridized carbons (Fsp3) is 0.640. The Balaban J connectivity index is 1.53. The second-order valence-electron chi connectivity index (χ2n) is 9.27. The topological polar surface area (TPSA) is 54.8 Å². The minimum Gasteiger partial charge on any atom is -0.379 e. The van der Waals surface area contributed by atoms with Gasteiger partial charge in [0.05, 0.1) is 32.1 Å². The van der Waals surface area contributed by atoms with E-state index >= 15 is 0 Å². The standard InChI is InChI=1S/C25H39N5O2/c1-19(2)24-22(25(28(4)27-24)30-10-14-32-15-11-30)17-26-18-23(29-8-12-31-13-9-29)21-7-5-6-20(3)16-21/h5-7,16,19,23,26H,8-15,17-18H2,1-4H3. The fourth-order valence-corrected chi connectivity index (χ4v) is 4.94. The number of nitrogens with one attached hydrogen (secondary N) is 1. The van der Waals surface area contributed by atoms with Crippen LogP contribution in [0.1, 0.15) is 48.2 Å². The molecule has 2 aromatic rings. The molecule has 176 valence electrons. The monoisotopic (exact) mass is 441 g/mol. The van der Waals surface area contributed by atoms with Crippen LogP contribution >= 0.6 is 0 Å². The number of anilines is 1. The van der Waals surface area contributed by atoms with Crippen molar-refractivity contribution in [1.82, 2.24) is 20.0 Å². The second-order valence-corrected chi connectivity index (χ2v) is 9.27. The van der Waals surface area contributed by atoms with Crippen LogP contribution in [0.5, 0.6) is 0 Å². The number of nitrogens with zero attached hydrogens (tertiary/aromatic N) is 4. The van der Waals surface area contributed by atoms with Crippen LogP contribution in [0.15, 0.2) is 24.3 Å². The van der Waals surface area contributed by atoms with Crippen LogP contribution in [0.2, 0.25) is 0 Å². The van der Waals surface area contributed by atoms with E-state index in [0.29, 0.717) is 12.0 Å². The lowest BCUT2D eigenvalue weighted by atomic mass is 10.0. The third-order valence-electron chi connectivity index (χ3n) is 6.55. The molecule has 3 heterocycles. The van der Waals surface area contributed by atoms with Crippen molar-refractivity contribution in [1.29, 1.82) is 0 Å². The molecule has 0 spiro atoms. The van der Waals surface area contributed by atoms with Gasteiger partial charge in [-0.25, -0.2) is 0 Å². The Bertz CT molecular complexity index is 869. The highest BCUT2D eigenvalue weighted by Gasteiger charge is 2.26. The smallest absolute Gasteiger partial charge is 0.131 e. The first-order chi connectivity index (χ1) is 15.5. The van der Waals surface area contributed by atoms with Gasteiger partial charge in [0.25, 0.3) is 0 Å². The number of hydrogen-bond acceptors (Lipinski definition) is 6. The summed E-state index contributed by atoms with van der Waals surface area (Å²) in [4.78, 5) is 4.99. The first kappa shape index (κ1) is 23.2. The summed E-state index contributed by atoms with van der Waals surface area (Å²) in [7, 11) is 2.07. The number of ether oxygens (including phenoxy) is 2. The average Bonchev–Trinajstić information content (AvgIpc) is 3.14. The fourth-order valence-electron chi connectivity index (χ4n) is 4.94. The molecule has 0 radical (unpaired) electrons. The zero-order valence-corrected chi connectivity index (χ0v) is 20.1. The van der Waals surface area contributed by atoms with Gasteiger partial charge in [-0.3, -0.25) is 9.58 Å². The van der Waals surface area contributed by atoms with Gasteiger partial charge in [0.1, 0.15) is 5.82 Å². The summed E-state index contributed by atoms with van der Waals surface area (Å²) in [6.07, 6.45) is 0. The van der Waals surface area contributed by atoms with Crippen LogP contribution in [0.4, 0.5) is 5.82 Å². The molecule has 2 aliphatic heterocycles. The zero-order valence-electron chi connectivity index (χ0n) is 20.1. The molecular formula is C25H39N5O2. The third kappa shape index (κ3) is 5.34. The normalized spacial score (nSPS) is 19.0. The predicted molar refractivity (Wildman–Crippen MR) is 128 cm³/mol. The second kappa shape index (κ2) is 10.8. The molecule has 32 heavy (non-hydrogen) atoms. The molecule has 0 amide bonds. The van der Waals surface area contributed by atoms with Crippen molar-refractivity contribution < 1.29 is 9.47 Å². The summed E-state index contributed by atoms with van der Waals surface area (Å²) < 4.78 is 13.3. The summed E-state index contributed by atoms with van der Waals surface area (Å²) in [6, 6.07) is 9.27. The van der Waals surface area contributed by atoms with E-state index in [1.807, 2.05) is 0 Å². The number of aryl methyl sites for hydroxylation is 2. The predicted octanol–water partition coefficient (Wildman–Crippen LogP) is 2.85. The molecule has 1 atom stereocenters. The van der Waals surface area contributed by atoms with Gasteiger partial charge in [-0.05, 0) is 18.4 Å². The SMILES string of the molecule is Cc1cccc(C(CNCc2c(C(C)C)nn(C)c2N2CCOCC2)N2CCOCC2)c1. The molecule has 7 heteroatoms. The van der Waals surface area contributed by atoms with E-state index in [9.17, 15) is 0 Å². The maximum absolute atomic E-state index is 5.62. The molecule has 1 unspecified atom stereocenters. The van der Waals surface area contributed by atoms with E-state index in [2.05, 4.69) is 71.9 Å². The van der Waals surface area contributed by atoms with Crippen LogP contribution in [0.25, 0.3) is 0 Å². The van der Waals surface area contributed by atoms with Crippen molar-refractivity contribution in [2.75, 3.05) is 64.1 Å². The van der Waals surface area contributed by atoms with Gasteiger partial charge in [-0.2, -0.15) is 5.10 Å². The molecule has 1 N–H and O–H groups in total. The molecule has 2 aliphatic rings. The summed E-state index contributed by atoms with van der Waals surface area (Å²) in [6.45, 7) is 15.3. The molecule has 4 rings (SSSR count). The van der Waals surface area contributed by atoms with E-state index < -0.39 is 0 Å². The molecule has 1 aromatic heterocycles. The zero-order chi connectivity index (χ0) is 22.5. The minimum atomic E-state index is 0.338. The maximum Gasteiger partial charge on any atom is 0.131 e. The van der Waals surface area contributed by atoms with Crippen molar-refractivity contribution in [2.24, 2.45) is 7.05 Å². The Hall–Kier alpha value is -1.93. The van der Waals surface area contributed by atoms with Crippen LogP contribution < -0.4 is 10.2 Å². The molecule has 7 nitrogen and oxygen atoms in total. The lowest BCUT2D eigenvalue weighted by Crippen LogP contribution is -2.43. The molecular weight excluding hydrogens is 402 g/mol. The molecule has 2 saturated heterocycles. The van der Waals surface area contributed by atoms with E-state index in [1.54, 1.807) is 0 Å². The Kier molecular flexibility index (Phi) is 7.84. The van der Waals surface area contributed by atoms with E-state index in [4.69, 9.17) is 14.6 Å². The van der Waals surface area contributed by atoms with Crippen molar-refractivity contribution in [3.8, 4) is 0 Å². The van der Waals surface area contributed by atoms with E-state index in [0.717, 1.165) is 65.7 Å². The van der Waals surface area contributed by atoms with Crippen molar-refractivity contribution >= 4 is 5.82 Å². The Morgan fingerprint density at radius 2 is 1.72 bits per heavy atom. The Morgan fingerprint density at radius 1 is 1.03 bits per heavy atom. The van der Waals surface area contributed by atoms with E-state index in [-0.39, 0.29) is 0 Å². The van der Waals surface area contributed by atoms with E-state index in [1.165, 1.54) is 28.2 Å². The third-order valence-corrected chi connectivity index (χ3v) is 6.55. The highest BCUT2D eigenvalue weighted by molar-refractivity contribution is 5.51. The Morgan fingerprint density at radius 3 is 2.38 bits per heavy atom. The van der Waals surface area contributed by atoms with Crippen LogP contribution in [-0.2, 0) is 23.1 Å². The summed E-state index contributed by atoms with van der Waals surface area (Å²) in [5, 5.41) is 8.72. The number of aromatic nitrogens is 2. The highest BCUT2D eigenvalue weighted by Crippen LogP contribution is 2.29. The maximum atomic E-state index is 5.62. The van der Waals surface area contributed by atoms with Gasteiger partial charge in [-0.15, -0.1) is 0 Å².